The summed E-state index contributed by atoms with van der Waals surface area (Å²) in [4.78, 5) is 2.29. The van der Waals surface area contributed by atoms with Gasteiger partial charge >= 0.3 is 0 Å². The van der Waals surface area contributed by atoms with Crippen molar-refractivity contribution in [3.8, 4) is 5.75 Å². The highest BCUT2D eigenvalue weighted by Gasteiger charge is 2.25. The van der Waals surface area contributed by atoms with E-state index >= 15 is 0 Å². The number of fused-ring (bicyclic) bond motifs is 1. The maximum absolute atomic E-state index is 9.65. The number of hydrogen-bond donors (Lipinski definition) is 1. The number of aromatic nitrogens is 3. The summed E-state index contributed by atoms with van der Waals surface area (Å²) in [7, 11) is 2.11. The number of pyridine rings is 1. The van der Waals surface area contributed by atoms with Crippen molar-refractivity contribution in [2.45, 2.75) is 12.3 Å². The summed E-state index contributed by atoms with van der Waals surface area (Å²) in [5.74, 6) is 1.56. The topological polar surface area (TPSA) is 53.7 Å². The molecule has 1 saturated heterocycles. The number of hydrogen-bond acceptors (Lipinski definition) is 4. The van der Waals surface area contributed by atoms with E-state index in [1.807, 2.05) is 16.7 Å². The first-order chi connectivity index (χ1) is 7.75. The maximum Gasteiger partial charge on any atom is 0.203 e. The van der Waals surface area contributed by atoms with Crippen LogP contribution in [0.4, 0.5) is 0 Å². The number of nitrogens with zero attached hydrogens (tertiary/aromatic N) is 4. The van der Waals surface area contributed by atoms with Crippen LogP contribution in [0.1, 0.15) is 18.2 Å². The van der Waals surface area contributed by atoms with Gasteiger partial charge in [0.05, 0.1) is 0 Å². The van der Waals surface area contributed by atoms with Gasteiger partial charge in [-0.1, -0.05) is 0 Å². The number of aromatic hydroxyl groups is 1. The Morgan fingerprint density at radius 2 is 2.31 bits per heavy atom. The zero-order chi connectivity index (χ0) is 11.1. The van der Waals surface area contributed by atoms with Gasteiger partial charge in [-0.25, -0.2) is 0 Å². The van der Waals surface area contributed by atoms with E-state index in [1.165, 1.54) is 0 Å². The lowest BCUT2D eigenvalue weighted by Crippen LogP contribution is -2.14. The summed E-state index contributed by atoms with van der Waals surface area (Å²) >= 11 is 0. The molecule has 0 amide bonds. The van der Waals surface area contributed by atoms with Gasteiger partial charge in [0, 0.05) is 18.7 Å². The third-order valence-corrected chi connectivity index (χ3v) is 3.20. The molecule has 5 nitrogen and oxygen atoms in total. The highest BCUT2D eigenvalue weighted by atomic mass is 16.3. The first-order valence-electron chi connectivity index (χ1n) is 5.47. The molecule has 16 heavy (non-hydrogen) atoms. The smallest absolute Gasteiger partial charge is 0.203 e. The fraction of sp³-hybridized carbons (Fsp3) is 0.455. The standard InChI is InChI=1S/C11H14N4O/c1-14-6-4-8(7-14)10-12-13-11-9(16)3-2-5-15(10)11/h2-3,5,8,16H,4,6-7H2,1H3. The molecular formula is C11H14N4O. The number of rotatable bonds is 1. The summed E-state index contributed by atoms with van der Waals surface area (Å²) in [5.41, 5.74) is 0.548. The molecule has 1 aliphatic heterocycles. The first-order valence-corrected chi connectivity index (χ1v) is 5.47. The highest BCUT2D eigenvalue weighted by molar-refractivity contribution is 5.52. The van der Waals surface area contributed by atoms with Crippen LogP contribution in [0.5, 0.6) is 5.75 Å². The minimum absolute atomic E-state index is 0.188. The third kappa shape index (κ3) is 1.36. The van der Waals surface area contributed by atoms with Crippen LogP contribution >= 0.6 is 0 Å². The van der Waals surface area contributed by atoms with Gasteiger partial charge in [0.1, 0.15) is 5.82 Å². The largest absolute Gasteiger partial charge is 0.504 e. The van der Waals surface area contributed by atoms with Crippen LogP contribution in [-0.2, 0) is 0 Å². The van der Waals surface area contributed by atoms with Gasteiger partial charge in [-0.15, -0.1) is 10.2 Å². The van der Waals surface area contributed by atoms with E-state index in [0.717, 1.165) is 25.3 Å². The SMILES string of the molecule is CN1CCC(c2nnc3c(O)cccn23)C1. The van der Waals surface area contributed by atoms with Gasteiger partial charge < -0.3 is 10.0 Å². The summed E-state index contributed by atoms with van der Waals surface area (Å²) in [6, 6.07) is 3.45. The number of likely N-dealkylation sites (tertiary alicyclic amines) is 1. The summed E-state index contributed by atoms with van der Waals surface area (Å²) < 4.78 is 1.89. The van der Waals surface area contributed by atoms with E-state index < -0.39 is 0 Å². The van der Waals surface area contributed by atoms with Crippen molar-refractivity contribution in [2.24, 2.45) is 0 Å². The Labute approximate surface area is 93.3 Å². The molecule has 2 aromatic heterocycles. The van der Waals surface area contributed by atoms with E-state index in [9.17, 15) is 5.11 Å². The first kappa shape index (κ1) is 9.59. The molecule has 2 aromatic rings. The van der Waals surface area contributed by atoms with Crippen LogP contribution in [-0.4, -0.2) is 44.7 Å². The fourth-order valence-electron chi connectivity index (χ4n) is 2.34. The van der Waals surface area contributed by atoms with Gasteiger partial charge in [0.2, 0.25) is 5.65 Å². The lowest BCUT2D eigenvalue weighted by Gasteiger charge is -2.08. The Morgan fingerprint density at radius 1 is 1.44 bits per heavy atom. The Bertz CT molecular complexity index is 522. The van der Waals surface area contributed by atoms with Crippen LogP contribution in [0.3, 0.4) is 0 Å². The molecule has 1 aliphatic rings. The second-order valence-corrected chi connectivity index (χ2v) is 4.39. The van der Waals surface area contributed by atoms with Crippen molar-refractivity contribution >= 4 is 5.65 Å². The van der Waals surface area contributed by atoms with Gasteiger partial charge in [-0.3, -0.25) is 4.40 Å². The molecule has 1 fully saturated rings. The molecule has 0 aromatic carbocycles. The van der Waals surface area contributed by atoms with E-state index in [1.54, 1.807) is 6.07 Å². The van der Waals surface area contributed by atoms with Crippen molar-refractivity contribution in [2.75, 3.05) is 20.1 Å². The average molecular weight is 218 g/mol. The normalized spacial score (nSPS) is 21.9. The van der Waals surface area contributed by atoms with Crippen molar-refractivity contribution in [3.05, 3.63) is 24.2 Å². The van der Waals surface area contributed by atoms with Crippen molar-refractivity contribution in [3.63, 3.8) is 0 Å². The Hall–Kier alpha value is -1.62. The van der Waals surface area contributed by atoms with Gasteiger partial charge in [0.25, 0.3) is 0 Å². The minimum Gasteiger partial charge on any atom is -0.504 e. The highest BCUT2D eigenvalue weighted by Crippen LogP contribution is 2.26. The van der Waals surface area contributed by atoms with Crippen molar-refractivity contribution in [1.82, 2.24) is 19.5 Å². The molecular weight excluding hydrogens is 204 g/mol. The average Bonchev–Trinajstić information content (AvgIpc) is 2.84. The zero-order valence-corrected chi connectivity index (χ0v) is 9.17. The van der Waals surface area contributed by atoms with Crippen molar-refractivity contribution < 1.29 is 5.11 Å². The number of likely N-dealkylation sites (N-methyl/N-ethyl adjacent to an activating group) is 1. The Morgan fingerprint density at radius 3 is 3.06 bits per heavy atom. The second-order valence-electron chi connectivity index (χ2n) is 4.39. The predicted molar refractivity (Wildman–Crippen MR) is 59.5 cm³/mol. The van der Waals surface area contributed by atoms with Gasteiger partial charge in [0.15, 0.2) is 5.75 Å². The van der Waals surface area contributed by atoms with Crippen LogP contribution in [0.25, 0.3) is 5.65 Å². The molecule has 1 atom stereocenters. The molecule has 1 N–H and O–H groups in total. The van der Waals surface area contributed by atoms with Crippen LogP contribution in [0.2, 0.25) is 0 Å². The van der Waals surface area contributed by atoms with Crippen molar-refractivity contribution in [1.29, 1.82) is 0 Å². The Kier molecular flexibility index (Phi) is 2.07. The molecule has 3 rings (SSSR count). The summed E-state index contributed by atoms with van der Waals surface area (Å²) in [6.07, 6.45) is 3.01. The van der Waals surface area contributed by atoms with Crippen LogP contribution < -0.4 is 0 Å². The summed E-state index contributed by atoms with van der Waals surface area (Å²) in [6.45, 7) is 2.11. The van der Waals surface area contributed by atoms with Crippen LogP contribution in [0, 0.1) is 0 Å². The van der Waals surface area contributed by atoms with E-state index in [4.69, 9.17) is 0 Å². The lowest BCUT2D eigenvalue weighted by molar-refractivity contribution is 0.409. The third-order valence-electron chi connectivity index (χ3n) is 3.20. The zero-order valence-electron chi connectivity index (χ0n) is 9.17. The summed E-state index contributed by atoms with van der Waals surface area (Å²) in [5, 5.41) is 17.9. The molecule has 0 spiro atoms. The molecule has 0 aliphatic carbocycles. The monoisotopic (exact) mass is 218 g/mol. The van der Waals surface area contributed by atoms with Gasteiger partial charge in [-0.2, -0.15) is 0 Å². The lowest BCUT2D eigenvalue weighted by atomic mass is 10.1. The molecule has 0 bridgehead atoms. The fourth-order valence-corrected chi connectivity index (χ4v) is 2.34. The maximum atomic E-state index is 9.65. The Balaban J connectivity index is 2.08. The van der Waals surface area contributed by atoms with Gasteiger partial charge in [-0.05, 0) is 32.1 Å². The van der Waals surface area contributed by atoms with E-state index in [0.29, 0.717) is 11.6 Å². The van der Waals surface area contributed by atoms with E-state index in [-0.39, 0.29) is 5.75 Å². The molecule has 0 saturated carbocycles. The second kappa shape index (κ2) is 3.45. The molecule has 0 radical (unpaired) electrons. The molecule has 5 heteroatoms. The quantitative estimate of drug-likeness (QED) is 0.771. The van der Waals surface area contributed by atoms with E-state index in [2.05, 4.69) is 22.1 Å². The molecule has 3 heterocycles. The predicted octanol–water partition coefficient (Wildman–Crippen LogP) is 0.854. The molecule has 1 unspecified atom stereocenters. The molecule has 84 valence electrons. The minimum atomic E-state index is 0.188. The van der Waals surface area contributed by atoms with Crippen LogP contribution in [0.15, 0.2) is 18.3 Å².